The first kappa shape index (κ1) is 101. The van der Waals surface area contributed by atoms with Crippen LogP contribution in [0.15, 0.2) is 185 Å². The molecule has 9 aromatic rings. The summed E-state index contributed by atoms with van der Waals surface area (Å²) in [5.41, 5.74) is 18.2. The summed E-state index contributed by atoms with van der Waals surface area (Å²) < 4.78 is 241. The number of ketones is 1. The minimum atomic E-state index is -4.49. The number of carboxylic acids is 1. The fraction of sp³-hybridized carbons (Fsp3) is 0.329. The summed E-state index contributed by atoms with van der Waals surface area (Å²) in [6.45, 7) is 11.0. The molecule has 0 fully saturated rings. The molecule has 9 rings (SSSR count). The largest absolute Gasteiger partial charge is 0.481 e. The maximum Gasteiger partial charge on any atom is 0.416 e. The number of Topliss-reactive ketones (excluding diaryl/α,β-unsaturated/α-hetero) is 1. The minimum absolute atomic E-state index is 0.0223. The van der Waals surface area contributed by atoms with Crippen molar-refractivity contribution in [2.24, 2.45) is 11.5 Å². The van der Waals surface area contributed by atoms with Gasteiger partial charge in [-0.25, -0.2) is 55.6 Å². The Bertz CT molecular complexity index is 5390. The van der Waals surface area contributed by atoms with E-state index in [4.69, 9.17) is 21.3 Å². The second-order valence-corrected chi connectivity index (χ2v) is 38.5. The van der Waals surface area contributed by atoms with Gasteiger partial charge in [-0.3, -0.25) is 14.4 Å². The molecular weight excluding hydrogens is 1750 g/mol. The summed E-state index contributed by atoms with van der Waals surface area (Å²) in [5.74, 6) is -6.25. The molecule has 0 bridgehead atoms. The molecule has 32 heteroatoms. The van der Waals surface area contributed by atoms with Crippen LogP contribution in [0.2, 0.25) is 0 Å². The topological polar surface area (TPSA) is 269 Å². The fourth-order valence-electron chi connectivity index (χ4n) is 11.0. The molecule has 0 spiro atoms. The van der Waals surface area contributed by atoms with Crippen molar-refractivity contribution in [3.8, 4) is 22.3 Å². The second kappa shape index (κ2) is 45.6. The lowest BCUT2D eigenvalue weighted by molar-refractivity contribution is -0.144. The number of benzene rings is 9. The number of carbonyl (C=O) groups is 3. The van der Waals surface area contributed by atoms with Crippen molar-refractivity contribution >= 4 is 88.9 Å². The van der Waals surface area contributed by atoms with E-state index in [9.17, 15) is 96.3 Å². The standard InChI is InChI=1S/C28H28F4O3S.C15H14F3N.C14H19FO4S.C12H15FO4S.C9H10BrFO2S.C7H7BrFN/c1-18-5-4-6-23(15-18)25-17-24(28(30,31)32)11-9-20(25)10-12-27(33)19(2)22-8-7-21(26(29)16-22)13-14-36(3,34)35;1-10-3-2-4-11(7-10)14-8-13(15(16,17)18)6-5-12(14)9-19;1-4-19-14(16)10(2)12-6-5-11(13(15)9-12)7-8-20(3,17)18;1-8(12(14)15)10-4-3-9(11(13)7-10)5-6-18(2,16)17;1-14(12,13)5-4-7-2-3-8(10)6-9(7)11;8-6-2-1-5(4-10)7(9)3-6/h4-9,11,15-17,19H,10,12-14H2,1-3H3;2-8H,9,19H2,1H3;5-6,9-10H,4,7-8H2,1-3H3;3-4,7-8H,5-6H2,1-2H3,(H,14,15);2-3,6H,4-5H2,1H3;1-3H,4,10H2. The van der Waals surface area contributed by atoms with E-state index in [1.807, 2.05) is 38.1 Å². The molecule has 3 atom stereocenters. The summed E-state index contributed by atoms with van der Waals surface area (Å²) in [4.78, 5) is 35.2. The highest BCUT2D eigenvalue weighted by atomic mass is 79.9. The van der Waals surface area contributed by atoms with E-state index in [-0.39, 0.29) is 110 Å². The van der Waals surface area contributed by atoms with Crippen LogP contribution in [0.25, 0.3) is 22.3 Å². The van der Waals surface area contributed by atoms with Crippen LogP contribution >= 0.6 is 31.9 Å². The molecule has 0 amide bonds. The number of rotatable bonds is 26. The highest BCUT2D eigenvalue weighted by Gasteiger charge is 2.33. The maximum absolute atomic E-state index is 14.5. The Balaban J connectivity index is 0.000000310. The maximum atomic E-state index is 14.5. The van der Waals surface area contributed by atoms with Gasteiger partial charge in [0.25, 0.3) is 0 Å². The van der Waals surface area contributed by atoms with Crippen LogP contribution in [0.1, 0.15) is 130 Å². The number of aryl methyl sites for hydroxylation is 7. The third-order valence-corrected chi connectivity index (χ3v) is 22.6. The second-order valence-electron chi connectivity index (χ2n) is 27.7. The van der Waals surface area contributed by atoms with Crippen molar-refractivity contribution in [2.45, 2.75) is 123 Å². The highest BCUT2D eigenvalue weighted by Crippen LogP contribution is 2.37. The smallest absolute Gasteiger partial charge is 0.416 e. The molecule has 0 aliphatic heterocycles. The van der Waals surface area contributed by atoms with Crippen molar-refractivity contribution in [3.63, 3.8) is 0 Å². The van der Waals surface area contributed by atoms with Crippen molar-refractivity contribution in [2.75, 3.05) is 54.6 Å². The van der Waals surface area contributed by atoms with Crippen LogP contribution in [-0.4, -0.2) is 111 Å². The van der Waals surface area contributed by atoms with Crippen LogP contribution in [0.3, 0.4) is 0 Å². The Morgan fingerprint density at radius 1 is 0.410 bits per heavy atom. The lowest BCUT2D eigenvalue weighted by atomic mass is 9.89. The molecule has 0 saturated heterocycles. The number of carboxylic acid groups (broad SMARTS) is 1. The van der Waals surface area contributed by atoms with Gasteiger partial charge in [0, 0.05) is 65.0 Å². The normalized spacial score (nSPS) is 12.4. The van der Waals surface area contributed by atoms with Crippen molar-refractivity contribution in [1.29, 1.82) is 0 Å². The molecular formula is C85H93Br2F11N2O13S4. The number of halogens is 13. The van der Waals surface area contributed by atoms with E-state index in [1.54, 1.807) is 81.4 Å². The predicted octanol–water partition coefficient (Wildman–Crippen LogP) is 18.8. The molecule has 15 nitrogen and oxygen atoms in total. The van der Waals surface area contributed by atoms with E-state index >= 15 is 0 Å². The summed E-state index contributed by atoms with van der Waals surface area (Å²) in [6, 6.07) is 44.1. The van der Waals surface area contributed by atoms with Crippen molar-refractivity contribution in [3.05, 3.63) is 292 Å². The van der Waals surface area contributed by atoms with Crippen LogP contribution in [0.4, 0.5) is 48.3 Å². The Morgan fingerprint density at radius 2 is 0.726 bits per heavy atom. The monoisotopic (exact) mass is 1840 g/mol. The first-order valence-corrected chi connectivity index (χ1v) is 45.9. The fourth-order valence-corrected chi connectivity index (χ4v) is 14.0. The molecule has 0 saturated carbocycles. The van der Waals surface area contributed by atoms with Crippen molar-refractivity contribution < 1.29 is 106 Å². The molecule has 0 aliphatic rings. The quantitative estimate of drug-likeness (QED) is 0.0336. The van der Waals surface area contributed by atoms with Gasteiger partial charge in [-0.15, -0.1) is 0 Å². The number of sulfone groups is 4. The number of carbonyl (C=O) groups excluding carboxylic acids is 2. The lowest BCUT2D eigenvalue weighted by Gasteiger charge is -2.16. The number of hydrogen-bond donors (Lipinski definition) is 3. The Hall–Kier alpha value is -8.50. The average Bonchev–Trinajstić information content (AvgIpc) is 0.832. The van der Waals surface area contributed by atoms with Gasteiger partial charge in [0.2, 0.25) is 0 Å². The number of aliphatic carboxylic acids is 1. The molecule has 5 N–H and O–H groups in total. The zero-order chi connectivity index (χ0) is 88.3. The number of hydrogen-bond acceptors (Lipinski definition) is 14. The molecule has 117 heavy (non-hydrogen) atoms. The van der Waals surface area contributed by atoms with Crippen LogP contribution < -0.4 is 11.5 Å². The summed E-state index contributed by atoms with van der Waals surface area (Å²) in [5, 5.41) is 8.80. The van der Waals surface area contributed by atoms with Gasteiger partial charge >= 0.3 is 24.3 Å². The van der Waals surface area contributed by atoms with E-state index in [0.717, 1.165) is 76.5 Å². The van der Waals surface area contributed by atoms with Crippen LogP contribution in [-0.2, 0) is 116 Å². The van der Waals surface area contributed by atoms with Gasteiger partial charge in [-0.1, -0.05) is 159 Å². The first-order chi connectivity index (χ1) is 54.2. The minimum Gasteiger partial charge on any atom is -0.481 e. The third-order valence-electron chi connectivity index (χ3n) is 17.8. The van der Waals surface area contributed by atoms with Gasteiger partial charge in [-0.05, 0) is 206 Å². The van der Waals surface area contributed by atoms with Crippen LogP contribution in [0, 0.1) is 42.9 Å². The SMILES string of the molecule is CC(C(=O)O)c1ccc(CCS(C)(=O)=O)c(F)c1.CCOC(=O)C(C)c1ccc(CCS(C)(=O)=O)c(F)c1.CS(=O)(=O)CCc1ccc(Br)cc1F.Cc1cccc(-c2cc(C(F)(F)F)ccc2CCC(=O)C(C)c2ccc(CCS(C)(=O)=O)c(F)c2)c1.Cc1cccc(-c2cc(C(F)(F)F)ccc2CN)c1.NCc1ccc(Br)cc1F. The Kier molecular flexibility index (Phi) is 39.3. The third kappa shape index (κ3) is 35.9. The number of ether oxygens (including phenoxy) is 1. The molecule has 9 aromatic carbocycles. The number of esters is 1. The summed E-state index contributed by atoms with van der Waals surface area (Å²) >= 11 is 6.27. The predicted molar refractivity (Wildman–Crippen MR) is 443 cm³/mol. The molecule has 0 aliphatic carbocycles. The van der Waals surface area contributed by atoms with Gasteiger partial charge in [-0.2, -0.15) is 26.3 Å². The number of nitrogens with two attached hydrogens (primary N) is 2. The molecule has 0 radical (unpaired) electrons. The first-order valence-electron chi connectivity index (χ1n) is 36.0. The number of alkyl halides is 6. The van der Waals surface area contributed by atoms with E-state index in [1.165, 1.54) is 67.6 Å². The van der Waals surface area contributed by atoms with Gasteiger partial charge in [0.15, 0.2) is 0 Å². The van der Waals surface area contributed by atoms with Crippen molar-refractivity contribution in [1.82, 2.24) is 0 Å². The summed E-state index contributed by atoms with van der Waals surface area (Å²) in [6.07, 6.45) is -3.61. The molecule has 636 valence electrons. The lowest BCUT2D eigenvalue weighted by Crippen LogP contribution is -2.13. The zero-order valence-corrected chi connectivity index (χ0v) is 72.2. The van der Waals surface area contributed by atoms with E-state index < -0.39 is 110 Å². The van der Waals surface area contributed by atoms with Crippen LogP contribution in [0.5, 0.6) is 0 Å². The van der Waals surface area contributed by atoms with E-state index in [0.29, 0.717) is 65.7 Å². The molecule has 3 unspecified atom stereocenters. The molecule has 0 heterocycles. The molecule has 0 aromatic heterocycles. The van der Waals surface area contributed by atoms with Gasteiger partial charge in [0.1, 0.15) is 74.2 Å². The highest BCUT2D eigenvalue weighted by molar-refractivity contribution is 9.10. The summed E-state index contributed by atoms with van der Waals surface area (Å²) in [7, 11) is -12.5. The zero-order valence-electron chi connectivity index (χ0n) is 65.7. The van der Waals surface area contributed by atoms with Gasteiger partial charge < -0.3 is 21.3 Å². The average molecular weight is 1850 g/mol. The van der Waals surface area contributed by atoms with E-state index in [2.05, 4.69) is 31.9 Å². The Morgan fingerprint density at radius 3 is 1.04 bits per heavy atom. The van der Waals surface area contributed by atoms with Gasteiger partial charge in [0.05, 0.1) is 52.6 Å². The Labute approximate surface area is 693 Å².